The topological polar surface area (TPSA) is 75.3 Å². The van der Waals surface area contributed by atoms with E-state index in [0.29, 0.717) is 18.9 Å². The van der Waals surface area contributed by atoms with E-state index >= 15 is 0 Å². The summed E-state index contributed by atoms with van der Waals surface area (Å²) >= 11 is 0. The van der Waals surface area contributed by atoms with Gasteiger partial charge in [0, 0.05) is 56.8 Å². The molecule has 0 bridgehead atoms. The van der Waals surface area contributed by atoms with Crippen LogP contribution in [0.3, 0.4) is 0 Å². The molecule has 2 rings (SSSR count). The van der Waals surface area contributed by atoms with Gasteiger partial charge in [0.25, 0.3) is 0 Å². The highest BCUT2D eigenvalue weighted by molar-refractivity contribution is 5.76. The van der Waals surface area contributed by atoms with E-state index < -0.39 is 0 Å². The highest BCUT2D eigenvalue weighted by atomic mass is 16.2. The summed E-state index contributed by atoms with van der Waals surface area (Å²) in [6.07, 6.45) is 0.435. The first-order chi connectivity index (χ1) is 10.0. The summed E-state index contributed by atoms with van der Waals surface area (Å²) in [6.45, 7) is 9.70. The molecule has 1 fully saturated rings. The second-order valence-electron chi connectivity index (χ2n) is 5.79. The number of aryl methyl sites for hydroxylation is 1. The predicted molar refractivity (Wildman–Crippen MR) is 83.3 cm³/mol. The van der Waals surface area contributed by atoms with Gasteiger partial charge in [0.15, 0.2) is 0 Å². The number of piperazine rings is 1. The van der Waals surface area contributed by atoms with E-state index in [9.17, 15) is 4.79 Å². The van der Waals surface area contributed by atoms with Crippen LogP contribution in [0.1, 0.15) is 37.7 Å². The van der Waals surface area contributed by atoms with Gasteiger partial charge in [0.1, 0.15) is 11.6 Å². The molecule has 21 heavy (non-hydrogen) atoms. The van der Waals surface area contributed by atoms with Crippen LogP contribution in [0, 0.1) is 6.92 Å². The number of nitrogens with zero attached hydrogens (tertiary/aromatic N) is 4. The molecule has 1 aromatic rings. The van der Waals surface area contributed by atoms with Gasteiger partial charge in [-0.2, -0.15) is 0 Å². The van der Waals surface area contributed by atoms with E-state index in [-0.39, 0.29) is 5.91 Å². The Balaban J connectivity index is 2.03. The van der Waals surface area contributed by atoms with Gasteiger partial charge in [0.2, 0.25) is 5.91 Å². The lowest BCUT2D eigenvalue weighted by atomic mass is 10.2. The molecule has 0 aromatic carbocycles. The maximum atomic E-state index is 11.8. The van der Waals surface area contributed by atoms with Crippen LogP contribution in [0.5, 0.6) is 0 Å². The average molecular weight is 291 g/mol. The normalized spacial score (nSPS) is 15.7. The second kappa shape index (κ2) is 6.85. The van der Waals surface area contributed by atoms with Crippen molar-refractivity contribution in [3.63, 3.8) is 0 Å². The molecular weight excluding hydrogens is 266 g/mol. The number of anilines is 1. The number of carbonyl (C=O) groups excluding carboxylic acids is 1. The van der Waals surface area contributed by atoms with E-state index in [1.807, 2.05) is 17.9 Å². The van der Waals surface area contributed by atoms with Crippen molar-refractivity contribution in [1.29, 1.82) is 0 Å². The second-order valence-corrected chi connectivity index (χ2v) is 5.79. The van der Waals surface area contributed by atoms with Gasteiger partial charge in [-0.3, -0.25) is 4.79 Å². The van der Waals surface area contributed by atoms with Gasteiger partial charge in [-0.15, -0.1) is 0 Å². The van der Waals surface area contributed by atoms with Crippen molar-refractivity contribution in [2.24, 2.45) is 5.73 Å². The molecule has 1 amide bonds. The molecule has 6 heteroatoms. The van der Waals surface area contributed by atoms with Crippen LogP contribution >= 0.6 is 0 Å². The van der Waals surface area contributed by atoms with Crippen molar-refractivity contribution in [2.75, 3.05) is 37.6 Å². The Morgan fingerprint density at radius 3 is 2.52 bits per heavy atom. The van der Waals surface area contributed by atoms with Gasteiger partial charge in [-0.25, -0.2) is 9.97 Å². The van der Waals surface area contributed by atoms with Crippen LogP contribution in [0.15, 0.2) is 6.07 Å². The van der Waals surface area contributed by atoms with Gasteiger partial charge in [-0.1, -0.05) is 13.8 Å². The zero-order valence-electron chi connectivity index (χ0n) is 13.2. The fourth-order valence-electron chi connectivity index (χ4n) is 2.46. The minimum Gasteiger partial charge on any atom is -0.353 e. The Bertz CT molecular complexity index is 495. The summed E-state index contributed by atoms with van der Waals surface area (Å²) in [5.74, 6) is 2.32. The van der Waals surface area contributed by atoms with Gasteiger partial charge in [-0.05, 0) is 6.92 Å². The van der Waals surface area contributed by atoms with Crippen molar-refractivity contribution in [3.05, 3.63) is 17.6 Å². The van der Waals surface area contributed by atoms with Crippen molar-refractivity contribution < 1.29 is 4.79 Å². The highest BCUT2D eigenvalue weighted by Crippen LogP contribution is 2.18. The zero-order valence-corrected chi connectivity index (χ0v) is 13.2. The largest absolute Gasteiger partial charge is 0.353 e. The fourth-order valence-corrected chi connectivity index (χ4v) is 2.46. The molecule has 1 aliphatic rings. The molecule has 2 N–H and O–H groups in total. The molecule has 1 aliphatic heterocycles. The quantitative estimate of drug-likeness (QED) is 0.892. The Morgan fingerprint density at radius 1 is 1.29 bits per heavy atom. The lowest BCUT2D eigenvalue weighted by Crippen LogP contribution is -2.49. The number of nitrogens with two attached hydrogens (primary N) is 1. The summed E-state index contributed by atoms with van der Waals surface area (Å²) in [7, 11) is 0. The first-order valence-corrected chi connectivity index (χ1v) is 7.59. The number of hydrogen-bond acceptors (Lipinski definition) is 5. The first-order valence-electron chi connectivity index (χ1n) is 7.59. The fraction of sp³-hybridized carbons (Fsp3) is 0.667. The van der Waals surface area contributed by atoms with Crippen LogP contribution in [0.25, 0.3) is 0 Å². The molecule has 116 valence electrons. The summed E-state index contributed by atoms with van der Waals surface area (Å²) < 4.78 is 0. The molecule has 0 atom stereocenters. The molecule has 2 heterocycles. The minimum atomic E-state index is 0.152. The molecule has 0 aliphatic carbocycles. The predicted octanol–water partition coefficient (Wildman–Crippen LogP) is 0.906. The average Bonchev–Trinajstić information content (AvgIpc) is 2.47. The molecule has 6 nitrogen and oxygen atoms in total. The molecule has 0 unspecified atom stereocenters. The molecule has 1 aromatic heterocycles. The Labute approximate surface area is 126 Å². The molecular formula is C15H25N5O. The van der Waals surface area contributed by atoms with Crippen molar-refractivity contribution >= 4 is 11.7 Å². The maximum absolute atomic E-state index is 11.8. The van der Waals surface area contributed by atoms with E-state index in [2.05, 4.69) is 28.7 Å². The first kappa shape index (κ1) is 15.7. The monoisotopic (exact) mass is 291 g/mol. The van der Waals surface area contributed by atoms with Crippen molar-refractivity contribution in [3.8, 4) is 0 Å². The van der Waals surface area contributed by atoms with Gasteiger partial charge < -0.3 is 15.5 Å². The SMILES string of the molecule is Cc1cc(N2CCN(C(=O)CCN)CC2)nc(C(C)C)n1. The highest BCUT2D eigenvalue weighted by Gasteiger charge is 2.22. The Morgan fingerprint density at radius 2 is 1.95 bits per heavy atom. The van der Waals surface area contributed by atoms with Crippen molar-refractivity contribution in [1.82, 2.24) is 14.9 Å². The third kappa shape index (κ3) is 3.91. The lowest BCUT2D eigenvalue weighted by molar-refractivity contribution is -0.131. The van der Waals surface area contributed by atoms with Crippen LogP contribution < -0.4 is 10.6 Å². The molecule has 1 saturated heterocycles. The summed E-state index contributed by atoms with van der Waals surface area (Å²) in [4.78, 5) is 25.1. The Kier molecular flexibility index (Phi) is 5.12. The third-order valence-electron chi connectivity index (χ3n) is 3.69. The number of hydrogen-bond donors (Lipinski definition) is 1. The number of rotatable bonds is 4. The maximum Gasteiger partial charge on any atom is 0.223 e. The van der Waals surface area contributed by atoms with Gasteiger partial charge >= 0.3 is 0 Å². The van der Waals surface area contributed by atoms with E-state index in [1.54, 1.807) is 0 Å². The summed E-state index contributed by atoms with van der Waals surface area (Å²) in [5, 5.41) is 0. The number of amides is 1. The minimum absolute atomic E-state index is 0.152. The van der Waals surface area contributed by atoms with Gasteiger partial charge in [0.05, 0.1) is 0 Å². The molecule has 0 spiro atoms. The Hall–Kier alpha value is -1.69. The van der Waals surface area contributed by atoms with Crippen LogP contribution in [0.2, 0.25) is 0 Å². The third-order valence-corrected chi connectivity index (χ3v) is 3.69. The van der Waals surface area contributed by atoms with E-state index in [0.717, 1.165) is 43.5 Å². The molecule has 0 radical (unpaired) electrons. The van der Waals surface area contributed by atoms with E-state index in [4.69, 9.17) is 5.73 Å². The zero-order chi connectivity index (χ0) is 15.4. The van der Waals surface area contributed by atoms with Crippen LogP contribution in [-0.2, 0) is 4.79 Å². The van der Waals surface area contributed by atoms with E-state index in [1.165, 1.54) is 0 Å². The lowest BCUT2D eigenvalue weighted by Gasteiger charge is -2.35. The number of aromatic nitrogens is 2. The van der Waals surface area contributed by atoms with Crippen molar-refractivity contribution in [2.45, 2.75) is 33.1 Å². The number of carbonyl (C=O) groups is 1. The van der Waals surface area contributed by atoms with Crippen LogP contribution in [0.4, 0.5) is 5.82 Å². The molecule has 0 saturated carbocycles. The smallest absolute Gasteiger partial charge is 0.223 e. The summed E-state index contributed by atoms with van der Waals surface area (Å²) in [6, 6.07) is 2.02. The van der Waals surface area contributed by atoms with Crippen LogP contribution in [-0.4, -0.2) is 53.5 Å². The standard InChI is InChI=1S/C15H25N5O/c1-11(2)15-17-12(3)10-13(18-15)19-6-8-20(9-7-19)14(21)4-5-16/h10-11H,4-9,16H2,1-3H3. The summed E-state index contributed by atoms with van der Waals surface area (Å²) in [5.41, 5.74) is 6.43.